The van der Waals surface area contributed by atoms with Gasteiger partial charge in [0, 0.05) is 6.04 Å². The van der Waals surface area contributed by atoms with Crippen LogP contribution in [-0.2, 0) is 0 Å². The van der Waals surface area contributed by atoms with Crippen LogP contribution in [0.15, 0.2) is 18.9 Å². The number of rotatable bonds is 4. The Balaban J connectivity index is 2.74. The molecule has 1 N–H and O–H groups in total. The molecule has 0 saturated heterocycles. The fourth-order valence-corrected chi connectivity index (χ4v) is 1.12. The number of anilines is 1. The highest BCUT2D eigenvalue weighted by atomic mass is 35.5. The molecule has 14 heavy (non-hydrogen) atoms. The Kier molecular flexibility index (Phi) is 3.83. The quantitative estimate of drug-likeness (QED) is 0.620. The minimum atomic E-state index is -0.509. The Labute approximate surface area is 87.0 Å². The molecule has 0 saturated carbocycles. The molecule has 0 bridgehead atoms. The fourth-order valence-electron chi connectivity index (χ4n) is 0.989. The van der Waals surface area contributed by atoms with Gasteiger partial charge in [-0.1, -0.05) is 6.08 Å². The first-order valence-corrected chi connectivity index (χ1v) is 4.56. The summed E-state index contributed by atoms with van der Waals surface area (Å²) in [4.78, 5) is 7.24. The summed E-state index contributed by atoms with van der Waals surface area (Å²) in [6, 6.07) is 0.0629. The number of hydrogen-bond donors (Lipinski definition) is 1. The summed E-state index contributed by atoms with van der Waals surface area (Å²) < 4.78 is 13.1. The van der Waals surface area contributed by atoms with Gasteiger partial charge in [-0.25, -0.2) is 9.37 Å². The van der Waals surface area contributed by atoms with E-state index in [-0.39, 0.29) is 17.1 Å². The molecule has 1 rings (SSSR count). The van der Waals surface area contributed by atoms with Crippen LogP contribution in [0.1, 0.15) is 13.3 Å². The molecule has 1 aromatic heterocycles. The highest BCUT2D eigenvalue weighted by molar-refractivity contribution is 6.28. The monoisotopic (exact) mass is 215 g/mol. The molecule has 0 aliphatic carbocycles. The van der Waals surface area contributed by atoms with Gasteiger partial charge in [0.25, 0.3) is 0 Å². The van der Waals surface area contributed by atoms with Crippen LogP contribution in [0.25, 0.3) is 0 Å². The van der Waals surface area contributed by atoms with Gasteiger partial charge >= 0.3 is 0 Å². The van der Waals surface area contributed by atoms with Crippen LogP contribution in [0.5, 0.6) is 0 Å². The summed E-state index contributed by atoms with van der Waals surface area (Å²) in [5.41, 5.74) is 0. The highest BCUT2D eigenvalue weighted by Gasteiger charge is 2.07. The number of halogens is 2. The van der Waals surface area contributed by atoms with Crippen molar-refractivity contribution in [3.63, 3.8) is 0 Å². The van der Waals surface area contributed by atoms with Crippen LogP contribution >= 0.6 is 11.6 Å². The predicted molar refractivity (Wildman–Crippen MR) is 54.9 cm³/mol. The smallest absolute Gasteiger partial charge is 0.224 e. The largest absolute Gasteiger partial charge is 0.365 e. The minimum Gasteiger partial charge on any atom is -0.365 e. The van der Waals surface area contributed by atoms with Crippen molar-refractivity contribution in [2.24, 2.45) is 0 Å². The van der Waals surface area contributed by atoms with Crippen molar-refractivity contribution in [1.82, 2.24) is 9.97 Å². The highest BCUT2D eigenvalue weighted by Crippen LogP contribution is 2.13. The zero-order valence-electron chi connectivity index (χ0n) is 7.80. The molecule has 5 heteroatoms. The van der Waals surface area contributed by atoms with Gasteiger partial charge in [0.2, 0.25) is 5.28 Å². The summed E-state index contributed by atoms with van der Waals surface area (Å²) >= 11 is 5.53. The van der Waals surface area contributed by atoms with Gasteiger partial charge in [0.05, 0.1) is 6.20 Å². The molecule has 1 aromatic rings. The average molecular weight is 216 g/mol. The summed E-state index contributed by atoms with van der Waals surface area (Å²) in [7, 11) is 0. The number of aromatic nitrogens is 2. The molecule has 0 spiro atoms. The summed E-state index contributed by atoms with van der Waals surface area (Å²) in [5, 5.41) is 2.90. The third-order valence-electron chi connectivity index (χ3n) is 1.62. The molecule has 0 amide bonds. The third kappa shape index (κ3) is 2.96. The van der Waals surface area contributed by atoms with E-state index in [2.05, 4.69) is 21.9 Å². The van der Waals surface area contributed by atoms with Crippen molar-refractivity contribution >= 4 is 17.4 Å². The Bertz CT molecular complexity index is 330. The molecule has 0 radical (unpaired) electrons. The molecule has 76 valence electrons. The maximum absolute atomic E-state index is 13.1. The lowest BCUT2D eigenvalue weighted by Crippen LogP contribution is -2.16. The van der Waals surface area contributed by atoms with E-state index >= 15 is 0 Å². The topological polar surface area (TPSA) is 37.8 Å². The van der Waals surface area contributed by atoms with Crippen molar-refractivity contribution in [1.29, 1.82) is 0 Å². The number of nitrogens with one attached hydrogen (secondary N) is 1. The van der Waals surface area contributed by atoms with Crippen LogP contribution in [0.4, 0.5) is 10.2 Å². The average Bonchev–Trinajstić information content (AvgIpc) is 2.12. The molecule has 1 heterocycles. The van der Waals surface area contributed by atoms with Crippen LogP contribution < -0.4 is 5.32 Å². The Hall–Kier alpha value is -1.16. The fraction of sp³-hybridized carbons (Fsp3) is 0.333. The van der Waals surface area contributed by atoms with Gasteiger partial charge in [-0.15, -0.1) is 6.58 Å². The van der Waals surface area contributed by atoms with Crippen LogP contribution in [0, 0.1) is 5.82 Å². The molecule has 0 aliphatic heterocycles. The van der Waals surface area contributed by atoms with Crippen LogP contribution in [0.3, 0.4) is 0 Å². The van der Waals surface area contributed by atoms with Gasteiger partial charge in [0.15, 0.2) is 11.6 Å². The van der Waals surface area contributed by atoms with E-state index in [0.29, 0.717) is 0 Å². The molecular formula is C9H11ClFN3. The Morgan fingerprint density at radius 1 is 1.79 bits per heavy atom. The molecular weight excluding hydrogens is 205 g/mol. The molecule has 1 unspecified atom stereocenters. The van der Waals surface area contributed by atoms with E-state index in [4.69, 9.17) is 11.6 Å². The number of nitrogens with zero attached hydrogens (tertiary/aromatic N) is 2. The summed E-state index contributed by atoms with van der Waals surface area (Å²) in [6.07, 6.45) is 3.51. The zero-order valence-corrected chi connectivity index (χ0v) is 8.55. The van der Waals surface area contributed by atoms with E-state index < -0.39 is 5.82 Å². The van der Waals surface area contributed by atoms with E-state index in [1.165, 1.54) is 0 Å². The lowest BCUT2D eigenvalue weighted by molar-refractivity contribution is 0.612. The standard InChI is InChI=1S/C9H11ClFN3/c1-3-4-6(2)13-8-7(11)5-12-9(10)14-8/h3,5-6H,1,4H2,2H3,(H,12,13,14). The first-order chi connectivity index (χ1) is 6.63. The van der Waals surface area contributed by atoms with Gasteiger partial charge < -0.3 is 5.32 Å². The van der Waals surface area contributed by atoms with Crippen molar-refractivity contribution in [3.05, 3.63) is 30.0 Å². The maximum Gasteiger partial charge on any atom is 0.224 e. The van der Waals surface area contributed by atoms with Crippen molar-refractivity contribution in [2.45, 2.75) is 19.4 Å². The third-order valence-corrected chi connectivity index (χ3v) is 1.80. The van der Waals surface area contributed by atoms with Gasteiger partial charge in [-0.2, -0.15) is 4.98 Å². The molecule has 1 atom stereocenters. The second kappa shape index (κ2) is 4.91. The van der Waals surface area contributed by atoms with Gasteiger partial charge in [-0.3, -0.25) is 0 Å². The molecule has 3 nitrogen and oxygen atoms in total. The molecule has 0 aromatic carbocycles. The van der Waals surface area contributed by atoms with Crippen molar-refractivity contribution < 1.29 is 4.39 Å². The van der Waals surface area contributed by atoms with Crippen LogP contribution in [0.2, 0.25) is 5.28 Å². The number of hydrogen-bond acceptors (Lipinski definition) is 3. The van der Waals surface area contributed by atoms with E-state index in [1.807, 2.05) is 6.92 Å². The second-order valence-corrected chi connectivity index (χ2v) is 3.24. The first-order valence-electron chi connectivity index (χ1n) is 4.19. The van der Waals surface area contributed by atoms with Crippen LogP contribution in [-0.4, -0.2) is 16.0 Å². The Morgan fingerprint density at radius 2 is 2.50 bits per heavy atom. The van der Waals surface area contributed by atoms with E-state index in [0.717, 1.165) is 12.6 Å². The SMILES string of the molecule is C=CCC(C)Nc1nc(Cl)ncc1F. The lowest BCUT2D eigenvalue weighted by Gasteiger charge is -2.12. The van der Waals surface area contributed by atoms with Gasteiger partial charge in [-0.05, 0) is 24.9 Å². The van der Waals surface area contributed by atoms with Crippen molar-refractivity contribution in [3.8, 4) is 0 Å². The molecule has 0 aliphatic rings. The van der Waals surface area contributed by atoms with E-state index in [9.17, 15) is 4.39 Å². The van der Waals surface area contributed by atoms with Crippen molar-refractivity contribution in [2.75, 3.05) is 5.32 Å². The van der Waals surface area contributed by atoms with Gasteiger partial charge in [0.1, 0.15) is 0 Å². The minimum absolute atomic E-state index is 0.0275. The Morgan fingerprint density at radius 3 is 3.14 bits per heavy atom. The second-order valence-electron chi connectivity index (χ2n) is 2.91. The summed E-state index contributed by atoms with van der Waals surface area (Å²) in [6.45, 7) is 5.49. The lowest BCUT2D eigenvalue weighted by atomic mass is 10.2. The predicted octanol–water partition coefficient (Wildman–Crippen LogP) is 2.65. The first kappa shape index (κ1) is 10.9. The maximum atomic E-state index is 13.1. The normalized spacial score (nSPS) is 12.2. The summed E-state index contributed by atoms with van der Waals surface area (Å²) in [5.74, 6) is -0.385. The zero-order chi connectivity index (χ0) is 10.6. The molecule has 0 fully saturated rings. The van der Waals surface area contributed by atoms with E-state index in [1.54, 1.807) is 6.08 Å².